The molecule has 1 aromatic rings. The predicted molar refractivity (Wildman–Crippen MR) is 64.5 cm³/mol. The summed E-state index contributed by atoms with van der Waals surface area (Å²) in [7, 11) is 0. The average Bonchev–Trinajstić information content (AvgIpc) is 2.96. The molecular formula is C13H20N2O. The van der Waals surface area contributed by atoms with E-state index < -0.39 is 0 Å². The number of ether oxygens (including phenoxy) is 1. The predicted octanol–water partition coefficient (Wildman–Crippen LogP) is 2.51. The second-order valence-electron chi connectivity index (χ2n) is 5.37. The summed E-state index contributed by atoms with van der Waals surface area (Å²) in [6, 6.07) is 4.78. The Balaban J connectivity index is 1.95. The minimum Gasteiger partial charge on any atom is -0.472 e. The van der Waals surface area contributed by atoms with Gasteiger partial charge in [0.1, 0.15) is 5.60 Å². The third kappa shape index (κ3) is 3.81. The molecule has 1 aliphatic rings. The van der Waals surface area contributed by atoms with Gasteiger partial charge in [-0.1, -0.05) is 0 Å². The molecule has 16 heavy (non-hydrogen) atoms. The van der Waals surface area contributed by atoms with Crippen molar-refractivity contribution >= 4 is 0 Å². The van der Waals surface area contributed by atoms with E-state index in [-0.39, 0.29) is 5.60 Å². The van der Waals surface area contributed by atoms with Crippen LogP contribution in [0.2, 0.25) is 0 Å². The van der Waals surface area contributed by atoms with Crippen molar-refractivity contribution in [3.63, 3.8) is 0 Å². The van der Waals surface area contributed by atoms with Gasteiger partial charge in [-0.05, 0) is 45.2 Å². The van der Waals surface area contributed by atoms with Crippen molar-refractivity contribution < 1.29 is 4.74 Å². The van der Waals surface area contributed by atoms with Crippen LogP contribution in [0.1, 0.15) is 39.2 Å². The molecule has 1 saturated carbocycles. The monoisotopic (exact) mass is 220 g/mol. The molecule has 0 spiro atoms. The van der Waals surface area contributed by atoms with Crippen LogP contribution in [0.3, 0.4) is 0 Å². The lowest BCUT2D eigenvalue weighted by Crippen LogP contribution is -2.23. The Bertz CT molecular complexity index is 353. The Morgan fingerprint density at radius 3 is 2.81 bits per heavy atom. The number of pyridine rings is 1. The maximum Gasteiger partial charge on any atom is 0.214 e. The molecule has 0 saturated heterocycles. The third-order valence-corrected chi connectivity index (χ3v) is 2.38. The van der Waals surface area contributed by atoms with Gasteiger partial charge in [-0.25, -0.2) is 4.98 Å². The molecule has 1 aromatic heterocycles. The van der Waals surface area contributed by atoms with Crippen LogP contribution in [0.4, 0.5) is 0 Å². The molecule has 3 heteroatoms. The van der Waals surface area contributed by atoms with Gasteiger partial charge < -0.3 is 10.1 Å². The van der Waals surface area contributed by atoms with Crippen molar-refractivity contribution in [2.45, 2.75) is 51.8 Å². The highest BCUT2D eigenvalue weighted by Gasteiger charge is 2.20. The number of rotatable bonds is 4. The SMILES string of the molecule is CC(C)(C)Oc1cc(CNC2CC2)ccn1. The zero-order valence-electron chi connectivity index (χ0n) is 10.3. The highest BCUT2D eigenvalue weighted by atomic mass is 16.5. The van der Waals surface area contributed by atoms with Crippen molar-refractivity contribution in [1.82, 2.24) is 10.3 Å². The van der Waals surface area contributed by atoms with Crippen molar-refractivity contribution in [3.05, 3.63) is 23.9 Å². The Morgan fingerprint density at radius 2 is 2.19 bits per heavy atom. The van der Waals surface area contributed by atoms with E-state index in [9.17, 15) is 0 Å². The number of aromatic nitrogens is 1. The Hall–Kier alpha value is -1.09. The molecule has 0 aromatic carbocycles. The molecule has 1 heterocycles. The van der Waals surface area contributed by atoms with E-state index in [1.165, 1.54) is 18.4 Å². The summed E-state index contributed by atoms with van der Waals surface area (Å²) in [5, 5.41) is 3.48. The Labute approximate surface area is 97.2 Å². The quantitative estimate of drug-likeness (QED) is 0.846. The summed E-state index contributed by atoms with van der Waals surface area (Å²) in [4.78, 5) is 4.22. The molecule has 0 radical (unpaired) electrons. The maximum absolute atomic E-state index is 5.73. The van der Waals surface area contributed by atoms with Crippen LogP contribution in [0.25, 0.3) is 0 Å². The lowest BCUT2D eigenvalue weighted by molar-refractivity contribution is 0.124. The normalized spacial score (nSPS) is 16.2. The van der Waals surface area contributed by atoms with Crippen LogP contribution in [0.15, 0.2) is 18.3 Å². The molecule has 1 N–H and O–H groups in total. The van der Waals surface area contributed by atoms with Crippen LogP contribution < -0.4 is 10.1 Å². The standard InChI is InChI=1S/C13H20N2O/c1-13(2,3)16-12-8-10(6-7-14-12)9-15-11-4-5-11/h6-8,11,15H,4-5,9H2,1-3H3. The fourth-order valence-corrected chi connectivity index (χ4v) is 1.48. The zero-order chi connectivity index (χ0) is 11.6. The van der Waals surface area contributed by atoms with E-state index in [4.69, 9.17) is 4.74 Å². The van der Waals surface area contributed by atoms with Crippen LogP contribution in [-0.4, -0.2) is 16.6 Å². The third-order valence-electron chi connectivity index (χ3n) is 2.38. The fraction of sp³-hybridized carbons (Fsp3) is 0.615. The van der Waals surface area contributed by atoms with E-state index in [1.54, 1.807) is 0 Å². The topological polar surface area (TPSA) is 34.1 Å². The van der Waals surface area contributed by atoms with Gasteiger partial charge >= 0.3 is 0 Å². The van der Waals surface area contributed by atoms with Gasteiger partial charge in [0.15, 0.2) is 0 Å². The molecule has 0 aliphatic heterocycles. The van der Waals surface area contributed by atoms with Gasteiger partial charge in [0.25, 0.3) is 0 Å². The van der Waals surface area contributed by atoms with Crippen molar-refractivity contribution in [2.75, 3.05) is 0 Å². The zero-order valence-corrected chi connectivity index (χ0v) is 10.3. The molecule has 0 atom stereocenters. The van der Waals surface area contributed by atoms with Crippen molar-refractivity contribution in [3.8, 4) is 5.88 Å². The summed E-state index contributed by atoms with van der Waals surface area (Å²) in [6.45, 7) is 7.01. The van der Waals surface area contributed by atoms with Gasteiger partial charge in [0, 0.05) is 24.8 Å². The second kappa shape index (κ2) is 4.42. The van der Waals surface area contributed by atoms with E-state index >= 15 is 0 Å². The number of hydrogen-bond acceptors (Lipinski definition) is 3. The minimum atomic E-state index is -0.185. The number of hydrogen-bond donors (Lipinski definition) is 1. The summed E-state index contributed by atoms with van der Waals surface area (Å²) in [5.41, 5.74) is 1.05. The van der Waals surface area contributed by atoms with Gasteiger partial charge in [-0.15, -0.1) is 0 Å². The summed E-state index contributed by atoms with van der Waals surface area (Å²) in [5.74, 6) is 0.711. The average molecular weight is 220 g/mol. The first-order chi connectivity index (χ1) is 7.53. The minimum absolute atomic E-state index is 0.185. The first-order valence-corrected chi connectivity index (χ1v) is 5.90. The summed E-state index contributed by atoms with van der Waals surface area (Å²) >= 11 is 0. The van der Waals surface area contributed by atoms with E-state index in [0.717, 1.165) is 12.6 Å². The van der Waals surface area contributed by atoms with Crippen molar-refractivity contribution in [1.29, 1.82) is 0 Å². The molecule has 88 valence electrons. The summed E-state index contributed by atoms with van der Waals surface area (Å²) < 4.78 is 5.73. The van der Waals surface area contributed by atoms with Gasteiger partial charge in [0.2, 0.25) is 5.88 Å². The van der Waals surface area contributed by atoms with Gasteiger partial charge in [-0.3, -0.25) is 0 Å². The molecule has 0 unspecified atom stereocenters. The van der Waals surface area contributed by atoms with Gasteiger partial charge in [0.05, 0.1) is 0 Å². The van der Waals surface area contributed by atoms with E-state index in [0.29, 0.717) is 5.88 Å². The smallest absolute Gasteiger partial charge is 0.214 e. The van der Waals surface area contributed by atoms with Crippen LogP contribution in [0, 0.1) is 0 Å². The molecule has 3 nitrogen and oxygen atoms in total. The maximum atomic E-state index is 5.73. The van der Waals surface area contributed by atoms with Crippen LogP contribution in [0.5, 0.6) is 5.88 Å². The lowest BCUT2D eigenvalue weighted by Gasteiger charge is -2.20. The van der Waals surface area contributed by atoms with Gasteiger partial charge in [-0.2, -0.15) is 0 Å². The largest absolute Gasteiger partial charge is 0.472 e. The van der Waals surface area contributed by atoms with Crippen molar-refractivity contribution in [2.24, 2.45) is 0 Å². The van der Waals surface area contributed by atoms with E-state index in [2.05, 4.69) is 10.3 Å². The van der Waals surface area contributed by atoms with Crippen LogP contribution >= 0.6 is 0 Å². The Morgan fingerprint density at radius 1 is 1.44 bits per heavy atom. The molecule has 0 bridgehead atoms. The first-order valence-electron chi connectivity index (χ1n) is 5.90. The molecule has 2 rings (SSSR count). The summed E-state index contributed by atoms with van der Waals surface area (Å²) in [6.07, 6.45) is 4.44. The number of nitrogens with one attached hydrogen (secondary N) is 1. The fourth-order valence-electron chi connectivity index (χ4n) is 1.48. The molecule has 1 fully saturated rings. The highest BCUT2D eigenvalue weighted by Crippen LogP contribution is 2.20. The molecular weight excluding hydrogens is 200 g/mol. The number of nitrogens with zero attached hydrogens (tertiary/aromatic N) is 1. The molecule has 1 aliphatic carbocycles. The van der Waals surface area contributed by atoms with Crippen LogP contribution in [-0.2, 0) is 6.54 Å². The van der Waals surface area contributed by atoms with E-state index in [1.807, 2.05) is 39.1 Å². The highest BCUT2D eigenvalue weighted by molar-refractivity contribution is 5.21. The first kappa shape index (κ1) is 11.4. The molecule has 0 amide bonds. The second-order valence-corrected chi connectivity index (χ2v) is 5.37. The Kier molecular flexibility index (Phi) is 3.15. The lowest BCUT2D eigenvalue weighted by atomic mass is 10.2.